The molecule has 1 saturated heterocycles. The van der Waals surface area contributed by atoms with E-state index in [1.165, 1.54) is 0 Å². The third kappa shape index (κ3) is 1.50. The molecule has 2 rings (SSSR count). The fourth-order valence-corrected chi connectivity index (χ4v) is 1.71. The van der Waals surface area contributed by atoms with Gasteiger partial charge in [0.25, 0.3) is 0 Å². The van der Waals surface area contributed by atoms with Crippen LogP contribution in [0.25, 0.3) is 0 Å². The van der Waals surface area contributed by atoms with Crippen LogP contribution in [-0.2, 0) is 11.8 Å². The Morgan fingerprint density at radius 3 is 3.07 bits per heavy atom. The van der Waals surface area contributed by atoms with Gasteiger partial charge in [0.2, 0.25) is 5.91 Å². The zero-order valence-electron chi connectivity index (χ0n) is 8.18. The van der Waals surface area contributed by atoms with E-state index in [1.807, 2.05) is 13.2 Å². The average Bonchev–Trinajstić information content (AvgIpc) is 2.57. The van der Waals surface area contributed by atoms with Crippen LogP contribution in [0.2, 0.25) is 0 Å². The zero-order chi connectivity index (χ0) is 10.1. The minimum absolute atomic E-state index is 0.00394. The molecule has 0 aromatic carbocycles. The molecule has 14 heavy (non-hydrogen) atoms. The molecule has 0 saturated carbocycles. The van der Waals surface area contributed by atoms with Gasteiger partial charge in [0, 0.05) is 19.8 Å². The number of aryl methyl sites for hydroxylation is 1. The van der Waals surface area contributed by atoms with Crippen LogP contribution in [0.3, 0.4) is 0 Å². The molecule has 0 radical (unpaired) electrons. The van der Waals surface area contributed by atoms with Gasteiger partial charge in [-0.3, -0.25) is 9.48 Å². The maximum absolute atomic E-state index is 11.7. The molecule has 5 nitrogen and oxygen atoms in total. The summed E-state index contributed by atoms with van der Waals surface area (Å²) in [5.41, 5.74) is 6.53. The van der Waals surface area contributed by atoms with E-state index < -0.39 is 0 Å². The SMILES string of the molecule is Cn1cc(N2CCC[C@@H](N)C2=O)cn1. The van der Waals surface area contributed by atoms with E-state index in [4.69, 9.17) is 5.73 Å². The number of carbonyl (C=O) groups is 1. The standard InChI is InChI=1S/C9H14N4O/c1-12-6-7(5-11-12)13-4-2-3-8(10)9(13)14/h5-6,8H,2-4,10H2,1H3/t8-/m1/s1. The molecule has 5 heteroatoms. The van der Waals surface area contributed by atoms with Gasteiger partial charge in [-0.15, -0.1) is 0 Å². The number of amides is 1. The first kappa shape index (κ1) is 9.21. The Balaban J connectivity index is 2.21. The number of nitrogens with zero attached hydrogens (tertiary/aromatic N) is 3. The second-order valence-electron chi connectivity index (χ2n) is 3.61. The van der Waals surface area contributed by atoms with Crippen LogP contribution < -0.4 is 10.6 Å². The molecule has 1 aliphatic heterocycles. The smallest absolute Gasteiger partial charge is 0.243 e. The third-order valence-corrected chi connectivity index (χ3v) is 2.48. The Morgan fingerprint density at radius 2 is 2.43 bits per heavy atom. The van der Waals surface area contributed by atoms with Gasteiger partial charge in [0.05, 0.1) is 17.9 Å². The monoisotopic (exact) mass is 194 g/mol. The number of hydrogen-bond acceptors (Lipinski definition) is 3. The normalized spacial score (nSPS) is 22.9. The quantitative estimate of drug-likeness (QED) is 0.677. The van der Waals surface area contributed by atoms with Gasteiger partial charge in [-0.2, -0.15) is 5.10 Å². The van der Waals surface area contributed by atoms with Crippen molar-refractivity contribution < 1.29 is 4.79 Å². The van der Waals surface area contributed by atoms with Gasteiger partial charge in [0.15, 0.2) is 0 Å². The fourth-order valence-electron chi connectivity index (χ4n) is 1.71. The molecule has 1 aromatic heterocycles. The summed E-state index contributed by atoms with van der Waals surface area (Å²) in [6.07, 6.45) is 5.27. The van der Waals surface area contributed by atoms with Gasteiger partial charge in [-0.25, -0.2) is 0 Å². The summed E-state index contributed by atoms with van der Waals surface area (Å²) in [5, 5.41) is 4.03. The zero-order valence-corrected chi connectivity index (χ0v) is 8.18. The highest BCUT2D eigenvalue weighted by Gasteiger charge is 2.27. The number of aromatic nitrogens is 2. The van der Waals surface area contributed by atoms with Crippen LogP contribution in [0.15, 0.2) is 12.4 Å². The fraction of sp³-hybridized carbons (Fsp3) is 0.556. The average molecular weight is 194 g/mol. The Hall–Kier alpha value is -1.36. The van der Waals surface area contributed by atoms with E-state index in [9.17, 15) is 4.79 Å². The number of anilines is 1. The lowest BCUT2D eigenvalue weighted by atomic mass is 10.1. The summed E-state index contributed by atoms with van der Waals surface area (Å²) in [4.78, 5) is 13.4. The van der Waals surface area contributed by atoms with Crippen molar-refractivity contribution in [3.8, 4) is 0 Å². The molecule has 76 valence electrons. The maximum Gasteiger partial charge on any atom is 0.243 e. The van der Waals surface area contributed by atoms with Crippen molar-refractivity contribution in [2.75, 3.05) is 11.4 Å². The van der Waals surface area contributed by atoms with Crippen LogP contribution in [0.1, 0.15) is 12.8 Å². The predicted molar refractivity (Wildman–Crippen MR) is 52.8 cm³/mol. The molecule has 0 unspecified atom stereocenters. The van der Waals surface area contributed by atoms with Gasteiger partial charge in [-0.1, -0.05) is 0 Å². The lowest BCUT2D eigenvalue weighted by Gasteiger charge is -2.29. The van der Waals surface area contributed by atoms with E-state index in [1.54, 1.807) is 15.8 Å². The highest BCUT2D eigenvalue weighted by Crippen LogP contribution is 2.18. The predicted octanol–water partition coefficient (Wildman–Crippen LogP) is -0.126. The summed E-state index contributed by atoms with van der Waals surface area (Å²) >= 11 is 0. The van der Waals surface area contributed by atoms with E-state index in [-0.39, 0.29) is 11.9 Å². The van der Waals surface area contributed by atoms with Crippen LogP contribution in [-0.4, -0.2) is 28.3 Å². The first-order valence-electron chi connectivity index (χ1n) is 4.74. The van der Waals surface area contributed by atoms with Crippen molar-refractivity contribution in [3.63, 3.8) is 0 Å². The number of hydrogen-bond donors (Lipinski definition) is 1. The van der Waals surface area contributed by atoms with E-state index >= 15 is 0 Å². The van der Waals surface area contributed by atoms with E-state index in [0.29, 0.717) is 0 Å². The third-order valence-electron chi connectivity index (χ3n) is 2.48. The Morgan fingerprint density at radius 1 is 1.64 bits per heavy atom. The second-order valence-corrected chi connectivity index (χ2v) is 3.61. The summed E-state index contributed by atoms with van der Waals surface area (Å²) < 4.78 is 1.68. The molecule has 1 atom stereocenters. The van der Waals surface area contributed by atoms with Gasteiger partial charge < -0.3 is 10.6 Å². The molecule has 1 fully saturated rings. The maximum atomic E-state index is 11.7. The lowest BCUT2D eigenvalue weighted by molar-refractivity contribution is -0.120. The summed E-state index contributed by atoms with van der Waals surface area (Å²) in [7, 11) is 1.83. The summed E-state index contributed by atoms with van der Waals surface area (Å²) in [6, 6.07) is -0.344. The van der Waals surface area contributed by atoms with E-state index in [2.05, 4.69) is 5.10 Å². The van der Waals surface area contributed by atoms with Gasteiger partial charge in [0.1, 0.15) is 0 Å². The molecule has 1 aromatic rings. The number of nitrogens with two attached hydrogens (primary N) is 1. The minimum Gasteiger partial charge on any atom is -0.320 e. The van der Waals surface area contributed by atoms with Crippen LogP contribution in [0.5, 0.6) is 0 Å². The van der Waals surface area contributed by atoms with Crippen molar-refractivity contribution >= 4 is 11.6 Å². The molecule has 0 bridgehead atoms. The van der Waals surface area contributed by atoms with E-state index in [0.717, 1.165) is 25.1 Å². The molecular weight excluding hydrogens is 180 g/mol. The highest BCUT2D eigenvalue weighted by molar-refractivity contribution is 5.97. The molecule has 0 aliphatic carbocycles. The summed E-state index contributed by atoms with van der Waals surface area (Å²) in [6.45, 7) is 0.748. The molecule has 0 spiro atoms. The van der Waals surface area contributed by atoms with Crippen molar-refractivity contribution in [3.05, 3.63) is 12.4 Å². The number of rotatable bonds is 1. The number of piperidine rings is 1. The van der Waals surface area contributed by atoms with Crippen LogP contribution in [0.4, 0.5) is 5.69 Å². The lowest BCUT2D eigenvalue weighted by Crippen LogP contribution is -2.48. The van der Waals surface area contributed by atoms with Crippen LogP contribution in [0, 0.1) is 0 Å². The van der Waals surface area contributed by atoms with Crippen molar-refractivity contribution in [1.82, 2.24) is 9.78 Å². The van der Waals surface area contributed by atoms with Crippen molar-refractivity contribution in [2.45, 2.75) is 18.9 Å². The van der Waals surface area contributed by atoms with Crippen LogP contribution >= 0.6 is 0 Å². The second kappa shape index (κ2) is 3.42. The van der Waals surface area contributed by atoms with Crippen molar-refractivity contribution in [1.29, 1.82) is 0 Å². The largest absolute Gasteiger partial charge is 0.320 e. The molecular formula is C9H14N4O. The van der Waals surface area contributed by atoms with Crippen molar-refractivity contribution in [2.24, 2.45) is 12.8 Å². The number of carbonyl (C=O) groups excluding carboxylic acids is 1. The summed E-state index contributed by atoms with van der Waals surface area (Å²) in [5.74, 6) is 0.00394. The first-order valence-corrected chi connectivity index (χ1v) is 4.74. The Labute approximate surface area is 82.5 Å². The molecule has 1 amide bonds. The highest BCUT2D eigenvalue weighted by atomic mass is 16.2. The topological polar surface area (TPSA) is 64.2 Å². The molecule has 2 N–H and O–H groups in total. The Bertz CT molecular complexity index is 346. The minimum atomic E-state index is -0.344. The molecule has 2 heterocycles. The molecule has 1 aliphatic rings. The first-order chi connectivity index (χ1) is 6.68. The Kier molecular flexibility index (Phi) is 2.25. The van der Waals surface area contributed by atoms with Gasteiger partial charge in [-0.05, 0) is 12.8 Å². The van der Waals surface area contributed by atoms with Gasteiger partial charge >= 0.3 is 0 Å².